The average Bonchev–Trinajstić information content (AvgIpc) is 2.61. The largest absolute Gasteiger partial charge is 0.389 e. The normalized spacial score (nSPS) is 23.0. The zero-order valence-electron chi connectivity index (χ0n) is 15.3. The number of nitrogens with zero attached hydrogens (tertiary/aromatic N) is 3. The Labute approximate surface area is 141 Å². The molecule has 1 unspecified atom stereocenters. The van der Waals surface area contributed by atoms with Crippen molar-refractivity contribution >= 4 is 5.91 Å². The molecule has 2 rings (SSSR count). The molecule has 0 aromatic heterocycles. The van der Waals surface area contributed by atoms with E-state index in [2.05, 4.69) is 30.6 Å². The van der Waals surface area contributed by atoms with Crippen LogP contribution in [0.2, 0.25) is 0 Å². The number of piperazine rings is 1. The van der Waals surface area contributed by atoms with E-state index in [-0.39, 0.29) is 6.04 Å². The summed E-state index contributed by atoms with van der Waals surface area (Å²) < 4.78 is 0. The Morgan fingerprint density at radius 3 is 2.09 bits per heavy atom. The van der Waals surface area contributed by atoms with Crippen LogP contribution in [0.4, 0.5) is 0 Å². The zero-order chi connectivity index (χ0) is 16.9. The number of hydrogen-bond acceptors (Lipinski definition) is 4. The summed E-state index contributed by atoms with van der Waals surface area (Å²) in [7, 11) is 0. The van der Waals surface area contributed by atoms with E-state index in [0.29, 0.717) is 5.91 Å². The maximum absolute atomic E-state index is 12.6. The summed E-state index contributed by atoms with van der Waals surface area (Å²) in [6.07, 6.45) is 5.16. The van der Waals surface area contributed by atoms with Crippen LogP contribution in [0.5, 0.6) is 0 Å². The Bertz CT molecular complexity index is 370. The summed E-state index contributed by atoms with van der Waals surface area (Å²) in [4.78, 5) is 19.3. The summed E-state index contributed by atoms with van der Waals surface area (Å²) in [5, 5.41) is 10.5. The Balaban J connectivity index is 1.80. The molecular weight excluding hydrogens is 290 g/mol. The molecule has 5 nitrogen and oxygen atoms in total. The number of piperidine rings is 1. The smallest absolute Gasteiger partial charge is 0.239 e. The summed E-state index contributed by atoms with van der Waals surface area (Å²) in [5.74, 6) is 0.303. The van der Waals surface area contributed by atoms with Gasteiger partial charge in [-0.1, -0.05) is 13.8 Å². The number of carbonyl (C=O) groups excluding carboxylic acids is 1. The lowest BCUT2D eigenvalue weighted by molar-refractivity contribution is -0.138. The van der Waals surface area contributed by atoms with Crippen molar-refractivity contribution in [2.45, 2.75) is 64.5 Å². The van der Waals surface area contributed by atoms with Crippen molar-refractivity contribution in [1.29, 1.82) is 0 Å². The van der Waals surface area contributed by atoms with Crippen molar-refractivity contribution in [2.24, 2.45) is 0 Å². The van der Waals surface area contributed by atoms with Gasteiger partial charge in [0.25, 0.3) is 0 Å². The topological polar surface area (TPSA) is 47.0 Å². The van der Waals surface area contributed by atoms with Crippen LogP contribution in [0.1, 0.15) is 52.9 Å². The van der Waals surface area contributed by atoms with Gasteiger partial charge in [-0.2, -0.15) is 0 Å². The zero-order valence-corrected chi connectivity index (χ0v) is 15.3. The van der Waals surface area contributed by atoms with Crippen LogP contribution in [0, 0.1) is 0 Å². The van der Waals surface area contributed by atoms with Gasteiger partial charge in [-0.25, -0.2) is 0 Å². The third-order valence-corrected chi connectivity index (χ3v) is 5.81. The molecule has 1 N–H and O–H groups in total. The fourth-order valence-corrected chi connectivity index (χ4v) is 3.73. The highest BCUT2D eigenvalue weighted by molar-refractivity contribution is 5.81. The summed E-state index contributed by atoms with van der Waals surface area (Å²) >= 11 is 0. The van der Waals surface area contributed by atoms with Crippen LogP contribution in [0.3, 0.4) is 0 Å². The molecule has 5 heteroatoms. The number of rotatable bonds is 6. The molecule has 0 aromatic rings. The standard InChI is InChI=1S/C18H35N3O2/c1-4-18(23,5-2)15-19-11-13-20(14-12-19)16(3)17(22)21-9-7-6-8-10-21/h16,23H,4-15H2,1-3H3. The summed E-state index contributed by atoms with van der Waals surface area (Å²) in [5.41, 5.74) is -0.558. The van der Waals surface area contributed by atoms with Crippen molar-refractivity contribution in [3.63, 3.8) is 0 Å². The van der Waals surface area contributed by atoms with Gasteiger partial charge in [0.15, 0.2) is 0 Å². The van der Waals surface area contributed by atoms with Gasteiger partial charge in [0.2, 0.25) is 5.91 Å². The molecule has 134 valence electrons. The van der Waals surface area contributed by atoms with E-state index in [1.54, 1.807) is 0 Å². The SMILES string of the molecule is CCC(O)(CC)CN1CCN(C(C)C(=O)N2CCCCC2)CC1. The highest BCUT2D eigenvalue weighted by Crippen LogP contribution is 2.19. The Hall–Kier alpha value is -0.650. The second-order valence-electron chi connectivity index (χ2n) is 7.31. The van der Waals surface area contributed by atoms with Crippen molar-refractivity contribution < 1.29 is 9.90 Å². The van der Waals surface area contributed by atoms with Crippen molar-refractivity contribution in [3.05, 3.63) is 0 Å². The third kappa shape index (κ3) is 4.91. The highest BCUT2D eigenvalue weighted by atomic mass is 16.3. The Kier molecular flexibility index (Phi) is 6.86. The minimum absolute atomic E-state index is 0.00789. The average molecular weight is 325 g/mol. The van der Waals surface area contributed by atoms with Gasteiger partial charge in [0.05, 0.1) is 11.6 Å². The van der Waals surface area contributed by atoms with Crippen LogP contribution >= 0.6 is 0 Å². The van der Waals surface area contributed by atoms with Crippen LogP contribution in [-0.4, -0.2) is 83.2 Å². The lowest BCUT2D eigenvalue weighted by Gasteiger charge is -2.41. The van der Waals surface area contributed by atoms with Crippen molar-refractivity contribution in [3.8, 4) is 0 Å². The Morgan fingerprint density at radius 2 is 1.57 bits per heavy atom. The van der Waals surface area contributed by atoms with E-state index in [0.717, 1.165) is 71.5 Å². The fraction of sp³-hybridized carbons (Fsp3) is 0.944. The maximum atomic E-state index is 12.6. The van der Waals surface area contributed by atoms with Gasteiger partial charge in [-0.15, -0.1) is 0 Å². The molecule has 0 aliphatic carbocycles. The second-order valence-corrected chi connectivity index (χ2v) is 7.31. The third-order valence-electron chi connectivity index (χ3n) is 5.81. The molecule has 1 amide bonds. The van der Waals surface area contributed by atoms with Gasteiger partial charge in [-0.3, -0.25) is 14.6 Å². The molecule has 0 radical (unpaired) electrons. The molecule has 2 aliphatic rings. The molecule has 0 saturated carbocycles. The van der Waals surface area contributed by atoms with E-state index in [4.69, 9.17) is 0 Å². The van der Waals surface area contributed by atoms with E-state index in [1.165, 1.54) is 6.42 Å². The first-order chi connectivity index (χ1) is 11.0. The first-order valence-corrected chi connectivity index (χ1v) is 9.46. The number of hydrogen-bond donors (Lipinski definition) is 1. The predicted octanol–water partition coefficient (Wildman–Crippen LogP) is 1.56. The van der Waals surface area contributed by atoms with Gasteiger partial charge < -0.3 is 10.0 Å². The number of β-amino-alcohol motifs (C(OH)–C–C–N with tert-alkyl or cyclic N) is 1. The second kappa shape index (κ2) is 8.45. The number of likely N-dealkylation sites (tertiary alicyclic amines) is 1. The molecule has 2 saturated heterocycles. The molecule has 2 aliphatic heterocycles. The number of carbonyl (C=O) groups is 1. The summed E-state index contributed by atoms with van der Waals surface area (Å²) in [6.45, 7) is 12.5. The monoisotopic (exact) mass is 325 g/mol. The molecule has 2 fully saturated rings. The molecular formula is C18H35N3O2. The van der Waals surface area contributed by atoms with E-state index < -0.39 is 5.60 Å². The lowest BCUT2D eigenvalue weighted by atomic mass is 9.96. The minimum atomic E-state index is -0.558. The molecule has 1 atom stereocenters. The highest BCUT2D eigenvalue weighted by Gasteiger charge is 2.32. The molecule has 0 bridgehead atoms. The van der Waals surface area contributed by atoms with Crippen LogP contribution < -0.4 is 0 Å². The van der Waals surface area contributed by atoms with Gasteiger partial charge in [-0.05, 0) is 39.0 Å². The maximum Gasteiger partial charge on any atom is 0.239 e. The van der Waals surface area contributed by atoms with Crippen LogP contribution in [0.25, 0.3) is 0 Å². The van der Waals surface area contributed by atoms with Crippen molar-refractivity contribution in [1.82, 2.24) is 14.7 Å². The molecule has 23 heavy (non-hydrogen) atoms. The summed E-state index contributed by atoms with van der Waals surface area (Å²) in [6, 6.07) is -0.00789. The Morgan fingerprint density at radius 1 is 1.00 bits per heavy atom. The number of amides is 1. The molecule has 0 aromatic carbocycles. The first-order valence-electron chi connectivity index (χ1n) is 9.46. The lowest BCUT2D eigenvalue weighted by Crippen LogP contribution is -2.57. The molecule has 2 heterocycles. The minimum Gasteiger partial charge on any atom is -0.389 e. The van der Waals surface area contributed by atoms with Crippen molar-refractivity contribution in [2.75, 3.05) is 45.8 Å². The van der Waals surface area contributed by atoms with Gasteiger partial charge in [0.1, 0.15) is 0 Å². The van der Waals surface area contributed by atoms with E-state index >= 15 is 0 Å². The quantitative estimate of drug-likeness (QED) is 0.805. The van der Waals surface area contributed by atoms with Gasteiger partial charge in [0, 0.05) is 45.8 Å². The van der Waals surface area contributed by atoms with E-state index in [9.17, 15) is 9.90 Å². The van der Waals surface area contributed by atoms with Crippen LogP contribution in [0.15, 0.2) is 0 Å². The predicted molar refractivity (Wildman–Crippen MR) is 93.4 cm³/mol. The van der Waals surface area contributed by atoms with Crippen LogP contribution in [-0.2, 0) is 4.79 Å². The molecule has 0 spiro atoms. The van der Waals surface area contributed by atoms with E-state index in [1.807, 2.05) is 4.90 Å². The first kappa shape index (κ1) is 18.7. The fourth-order valence-electron chi connectivity index (χ4n) is 3.73. The van der Waals surface area contributed by atoms with Gasteiger partial charge >= 0.3 is 0 Å². The number of aliphatic hydroxyl groups is 1.